The SMILES string of the molecule is CCC(O)c1cccnc1Oc1ccc2c(nnn2CC(C)(C)C)c1Br. The van der Waals surface area contributed by atoms with Gasteiger partial charge in [0.2, 0.25) is 5.88 Å². The molecule has 1 aromatic carbocycles. The third-order valence-corrected chi connectivity index (χ3v) is 4.73. The highest BCUT2D eigenvalue weighted by molar-refractivity contribution is 9.10. The number of pyridine rings is 1. The first-order valence-electron chi connectivity index (χ1n) is 8.62. The minimum atomic E-state index is -0.617. The summed E-state index contributed by atoms with van der Waals surface area (Å²) in [7, 11) is 0. The maximum absolute atomic E-state index is 10.2. The van der Waals surface area contributed by atoms with Crippen LogP contribution in [0.25, 0.3) is 11.0 Å². The molecule has 7 heteroatoms. The van der Waals surface area contributed by atoms with Crippen LogP contribution in [0.1, 0.15) is 45.8 Å². The summed E-state index contributed by atoms with van der Waals surface area (Å²) in [4.78, 5) is 4.27. The van der Waals surface area contributed by atoms with E-state index in [-0.39, 0.29) is 5.41 Å². The molecule has 0 radical (unpaired) electrons. The van der Waals surface area contributed by atoms with Gasteiger partial charge >= 0.3 is 0 Å². The van der Waals surface area contributed by atoms with E-state index in [0.717, 1.165) is 22.1 Å². The Balaban J connectivity index is 1.97. The van der Waals surface area contributed by atoms with Crippen LogP contribution in [0.3, 0.4) is 0 Å². The molecule has 3 aromatic rings. The summed E-state index contributed by atoms with van der Waals surface area (Å²) in [6, 6.07) is 7.42. The number of aliphatic hydroxyl groups excluding tert-OH is 1. The lowest BCUT2D eigenvalue weighted by atomic mass is 9.97. The Kier molecular flexibility index (Phi) is 5.29. The van der Waals surface area contributed by atoms with E-state index < -0.39 is 6.10 Å². The van der Waals surface area contributed by atoms with E-state index >= 15 is 0 Å². The molecule has 1 atom stereocenters. The van der Waals surface area contributed by atoms with Crippen molar-refractivity contribution in [3.63, 3.8) is 0 Å². The molecule has 26 heavy (non-hydrogen) atoms. The summed E-state index contributed by atoms with van der Waals surface area (Å²) in [5.41, 5.74) is 2.44. The van der Waals surface area contributed by atoms with Crippen LogP contribution in [0, 0.1) is 5.41 Å². The van der Waals surface area contributed by atoms with E-state index in [1.807, 2.05) is 29.8 Å². The minimum absolute atomic E-state index is 0.0986. The molecular weight excluding hydrogens is 396 g/mol. The Morgan fingerprint density at radius 1 is 1.27 bits per heavy atom. The zero-order chi connectivity index (χ0) is 18.9. The van der Waals surface area contributed by atoms with Gasteiger partial charge in [0.15, 0.2) is 0 Å². The molecule has 6 nitrogen and oxygen atoms in total. The highest BCUT2D eigenvalue weighted by atomic mass is 79.9. The minimum Gasteiger partial charge on any atom is -0.437 e. The summed E-state index contributed by atoms with van der Waals surface area (Å²) in [5, 5.41) is 18.8. The topological polar surface area (TPSA) is 73.1 Å². The van der Waals surface area contributed by atoms with E-state index in [2.05, 4.69) is 52.0 Å². The number of ether oxygens (including phenoxy) is 1. The molecule has 0 saturated heterocycles. The second-order valence-corrected chi connectivity index (χ2v) is 8.27. The lowest BCUT2D eigenvalue weighted by molar-refractivity contribution is 0.169. The average molecular weight is 419 g/mol. The van der Waals surface area contributed by atoms with Crippen molar-refractivity contribution in [2.45, 2.75) is 46.8 Å². The zero-order valence-corrected chi connectivity index (χ0v) is 17.0. The van der Waals surface area contributed by atoms with Gasteiger partial charge in [-0.25, -0.2) is 9.67 Å². The van der Waals surface area contributed by atoms with Gasteiger partial charge in [-0.3, -0.25) is 0 Å². The Hall–Kier alpha value is -1.99. The van der Waals surface area contributed by atoms with Crippen LogP contribution in [0.5, 0.6) is 11.6 Å². The molecule has 0 saturated carbocycles. The Morgan fingerprint density at radius 3 is 2.73 bits per heavy atom. The lowest BCUT2D eigenvalue weighted by Crippen LogP contribution is -2.16. The molecule has 3 rings (SSSR count). The van der Waals surface area contributed by atoms with Crippen molar-refractivity contribution in [1.29, 1.82) is 0 Å². The lowest BCUT2D eigenvalue weighted by Gasteiger charge is -2.18. The molecule has 1 unspecified atom stereocenters. The van der Waals surface area contributed by atoms with Gasteiger partial charge in [-0.15, -0.1) is 5.10 Å². The summed E-state index contributed by atoms with van der Waals surface area (Å²) in [5.74, 6) is 0.979. The molecule has 2 heterocycles. The van der Waals surface area contributed by atoms with E-state index in [9.17, 15) is 5.11 Å². The van der Waals surface area contributed by atoms with Crippen molar-refractivity contribution in [3.8, 4) is 11.6 Å². The maximum Gasteiger partial charge on any atom is 0.225 e. The van der Waals surface area contributed by atoms with Gasteiger partial charge in [0.25, 0.3) is 0 Å². The average Bonchev–Trinajstić information content (AvgIpc) is 2.99. The number of aliphatic hydroxyl groups is 1. The number of aromatic nitrogens is 4. The standard InChI is InChI=1S/C19H23BrN4O2/c1-5-14(25)12-7-6-10-21-18(12)26-15-9-8-13-17(16(15)20)22-23-24(13)11-19(2,3)4/h6-10,14,25H,5,11H2,1-4H3. The third-order valence-electron chi connectivity index (χ3n) is 3.97. The van der Waals surface area contributed by atoms with E-state index in [1.54, 1.807) is 12.3 Å². The molecule has 2 aromatic heterocycles. The van der Waals surface area contributed by atoms with Crippen molar-refractivity contribution in [3.05, 3.63) is 40.5 Å². The van der Waals surface area contributed by atoms with Crippen LogP contribution in [0.15, 0.2) is 34.9 Å². The number of fused-ring (bicyclic) bond motifs is 1. The Morgan fingerprint density at radius 2 is 2.04 bits per heavy atom. The third kappa shape index (κ3) is 3.88. The van der Waals surface area contributed by atoms with Crippen molar-refractivity contribution in [2.24, 2.45) is 5.41 Å². The van der Waals surface area contributed by atoms with Gasteiger partial charge in [0.1, 0.15) is 11.3 Å². The van der Waals surface area contributed by atoms with Crippen LogP contribution in [-0.2, 0) is 6.54 Å². The van der Waals surface area contributed by atoms with Gasteiger partial charge < -0.3 is 9.84 Å². The second-order valence-electron chi connectivity index (χ2n) is 7.48. The number of nitrogens with zero attached hydrogens (tertiary/aromatic N) is 4. The van der Waals surface area contributed by atoms with Gasteiger partial charge in [0, 0.05) is 18.3 Å². The molecule has 0 aliphatic heterocycles. The predicted molar refractivity (Wildman–Crippen MR) is 104 cm³/mol. The largest absolute Gasteiger partial charge is 0.437 e. The monoisotopic (exact) mass is 418 g/mol. The van der Waals surface area contributed by atoms with Crippen molar-refractivity contribution in [2.75, 3.05) is 0 Å². The van der Waals surface area contributed by atoms with Crippen molar-refractivity contribution >= 4 is 27.0 Å². The smallest absolute Gasteiger partial charge is 0.225 e. The number of halogens is 1. The van der Waals surface area contributed by atoms with Gasteiger partial charge in [-0.2, -0.15) is 0 Å². The Bertz CT molecular complexity index is 918. The molecule has 0 fully saturated rings. The molecule has 0 spiro atoms. The van der Waals surface area contributed by atoms with Crippen LogP contribution < -0.4 is 4.74 Å². The predicted octanol–water partition coefficient (Wildman–Crippen LogP) is 4.87. The van der Waals surface area contributed by atoms with E-state index in [0.29, 0.717) is 23.6 Å². The molecule has 1 N–H and O–H groups in total. The first-order chi connectivity index (χ1) is 12.3. The van der Waals surface area contributed by atoms with Crippen LogP contribution in [-0.4, -0.2) is 25.1 Å². The second kappa shape index (κ2) is 7.32. The molecule has 0 aliphatic rings. The Labute approximate surface area is 161 Å². The highest BCUT2D eigenvalue weighted by Crippen LogP contribution is 2.37. The maximum atomic E-state index is 10.2. The summed E-state index contributed by atoms with van der Waals surface area (Å²) >= 11 is 3.58. The zero-order valence-electron chi connectivity index (χ0n) is 15.4. The molecule has 0 aliphatic carbocycles. The fourth-order valence-corrected chi connectivity index (χ4v) is 3.19. The van der Waals surface area contributed by atoms with Crippen LogP contribution >= 0.6 is 15.9 Å². The summed E-state index contributed by atoms with van der Waals surface area (Å²) in [6.07, 6.45) is 1.62. The van der Waals surface area contributed by atoms with Crippen LogP contribution in [0.2, 0.25) is 0 Å². The fraction of sp³-hybridized carbons (Fsp3) is 0.421. The number of benzene rings is 1. The molecular formula is C19H23BrN4O2. The van der Waals surface area contributed by atoms with E-state index in [4.69, 9.17) is 4.74 Å². The quantitative estimate of drug-likeness (QED) is 0.639. The van der Waals surface area contributed by atoms with Crippen LogP contribution in [0.4, 0.5) is 0 Å². The van der Waals surface area contributed by atoms with E-state index in [1.165, 1.54) is 0 Å². The summed E-state index contributed by atoms with van der Waals surface area (Å²) in [6.45, 7) is 9.16. The number of hydrogen-bond acceptors (Lipinski definition) is 5. The summed E-state index contributed by atoms with van der Waals surface area (Å²) < 4.78 is 8.61. The number of hydrogen-bond donors (Lipinski definition) is 1. The van der Waals surface area contributed by atoms with Crippen molar-refractivity contribution in [1.82, 2.24) is 20.0 Å². The van der Waals surface area contributed by atoms with Gasteiger partial charge in [0.05, 0.1) is 16.1 Å². The highest BCUT2D eigenvalue weighted by Gasteiger charge is 2.19. The fourth-order valence-electron chi connectivity index (χ4n) is 2.70. The van der Waals surface area contributed by atoms with Crippen molar-refractivity contribution < 1.29 is 9.84 Å². The number of rotatable bonds is 5. The molecule has 138 valence electrons. The normalized spacial score (nSPS) is 13.2. The first-order valence-corrected chi connectivity index (χ1v) is 9.42. The molecule has 0 amide bonds. The first kappa shape index (κ1) is 18.8. The molecule has 0 bridgehead atoms. The van der Waals surface area contributed by atoms with Gasteiger partial charge in [-0.1, -0.05) is 32.9 Å². The van der Waals surface area contributed by atoms with Gasteiger partial charge in [-0.05, 0) is 52.0 Å².